The molecule has 0 saturated carbocycles. The molecule has 0 spiro atoms. The lowest BCUT2D eigenvalue weighted by Crippen LogP contribution is -2.24. The smallest absolute Gasteiger partial charge is 0.119 e. The molecule has 1 aromatic rings. The molecule has 0 fully saturated rings. The van der Waals surface area contributed by atoms with Gasteiger partial charge in [0.2, 0.25) is 0 Å². The Bertz CT molecular complexity index is 376. The zero-order chi connectivity index (χ0) is 11.7. The number of benzene rings is 1. The molecular weight excluding hydrogens is 202 g/mol. The quantitative estimate of drug-likeness (QED) is 0.839. The number of ether oxygens (including phenoxy) is 1. The molecule has 0 saturated heterocycles. The molecule has 3 nitrogen and oxygen atoms in total. The Morgan fingerprint density at radius 3 is 2.81 bits per heavy atom. The van der Waals surface area contributed by atoms with Gasteiger partial charge in [0.25, 0.3) is 0 Å². The van der Waals surface area contributed by atoms with E-state index in [1.54, 1.807) is 7.11 Å². The van der Waals surface area contributed by atoms with Gasteiger partial charge in [-0.15, -0.1) is 0 Å². The summed E-state index contributed by atoms with van der Waals surface area (Å²) in [7, 11) is 5.73. The van der Waals surface area contributed by atoms with Crippen LogP contribution in [0.2, 0.25) is 0 Å². The van der Waals surface area contributed by atoms with Crippen LogP contribution in [0.15, 0.2) is 18.2 Å². The fourth-order valence-electron chi connectivity index (χ4n) is 2.44. The highest BCUT2D eigenvalue weighted by Crippen LogP contribution is 2.38. The van der Waals surface area contributed by atoms with E-state index >= 15 is 0 Å². The van der Waals surface area contributed by atoms with Gasteiger partial charge >= 0.3 is 0 Å². The normalized spacial score (nSPS) is 23.6. The minimum atomic E-state index is -0.354. The van der Waals surface area contributed by atoms with Gasteiger partial charge in [-0.2, -0.15) is 0 Å². The summed E-state index contributed by atoms with van der Waals surface area (Å²) in [4.78, 5) is 2.12. The minimum absolute atomic E-state index is 0.303. The number of methoxy groups -OCH3 is 1. The number of aliphatic hydroxyl groups excluding tert-OH is 1. The molecule has 0 heterocycles. The Labute approximate surface area is 96.6 Å². The number of rotatable bonds is 3. The van der Waals surface area contributed by atoms with Crippen molar-refractivity contribution in [2.24, 2.45) is 5.92 Å². The molecular formula is C13H19NO2. The second kappa shape index (κ2) is 4.44. The van der Waals surface area contributed by atoms with Crippen molar-refractivity contribution in [1.29, 1.82) is 0 Å². The highest BCUT2D eigenvalue weighted by atomic mass is 16.5. The lowest BCUT2D eigenvalue weighted by Gasteiger charge is -2.19. The number of aliphatic hydroxyl groups is 1. The molecule has 88 valence electrons. The van der Waals surface area contributed by atoms with Crippen LogP contribution in [0.4, 0.5) is 0 Å². The summed E-state index contributed by atoms with van der Waals surface area (Å²) in [5, 5.41) is 10.2. The van der Waals surface area contributed by atoms with Crippen LogP contribution in [0, 0.1) is 5.92 Å². The van der Waals surface area contributed by atoms with Gasteiger partial charge in [-0.25, -0.2) is 0 Å². The van der Waals surface area contributed by atoms with Crippen LogP contribution in [0.1, 0.15) is 17.2 Å². The summed E-state index contributed by atoms with van der Waals surface area (Å²) in [5.74, 6) is 1.13. The molecule has 1 aromatic carbocycles. The van der Waals surface area contributed by atoms with Gasteiger partial charge in [-0.1, -0.05) is 6.07 Å². The molecule has 2 rings (SSSR count). The highest BCUT2D eigenvalue weighted by molar-refractivity contribution is 5.40. The summed E-state index contributed by atoms with van der Waals surface area (Å²) in [6.07, 6.45) is 0.603. The first kappa shape index (κ1) is 11.4. The van der Waals surface area contributed by atoms with Crippen LogP contribution >= 0.6 is 0 Å². The van der Waals surface area contributed by atoms with Crippen LogP contribution in [-0.4, -0.2) is 37.8 Å². The Morgan fingerprint density at radius 1 is 1.44 bits per heavy atom. The summed E-state index contributed by atoms with van der Waals surface area (Å²) in [5.41, 5.74) is 2.28. The zero-order valence-corrected chi connectivity index (χ0v) is 10.1. The van der Waals surface area contributed by atoms with E-state index in [2.05, 4.69) is 11.0 Å². The SMILES string of the molecule is COc1ccc2c(c1)C(O)C(CN(C)C)C2. The maximum atomic E-state index is 10.2. The fourth-order valence-corrected chi connectivity index (χ4v) is 2.44. The van der Waals surface area contributed by atoms with Crippen LogP contribution in [0.3, 0.4) is 0 Å². The number of fused-ring (bicyclic) bond motifs is 1. The fraction of sp³-hybridized carbons (Fsp3) is 0.538. The second-order valence-corrected chi connectivity index (χ2v) is 4.74. The Kier molecular flexibility index (Phi) is 3.17. The van der Waals surface area contributed by atoms with Gasteiger partial charge in [-0.3, -0.25) is 0 Å². The van der Waals surface area contributed by atoms with Gasteiger partial charge in [0.1, 0.15) is 5.75 Å². The number of hydrogen-bond donors (Lipinski definition) is 1. The van der Waals surface area contributed by atoms with E-state index < -0.39 is 0 Å². The minimum Gasteiger partial charge on any atom is -0.497 e. The third-order valence-corrected chi connectivity index (χ3v) is 3.20. The molecule has 0 aromatic heterocycles. The van der Waals surface area contributed by atoms with E-state index in [1.807, 2.05) is 26.2 Å². The first-order chi connectivity index (χ1) is 7.61. The molecule has 2 unspecified atom stereocenters. The van der Waals surface area contributed by atoms with Crippen molar-refractivity contribution < 1.29 is 9.84 Å². The average molecular weight is 221 g/mol. The molecule has 1 aliphatic rings. The van der Waals surface area contributed by atoms with Crippen molar-refractivity contribution in [2.75, 3.05) is 27.7 Å². The Balaban J connectivity index is 2.21. The second-order valence-electron chi connectivity index (χ2n) is 4.74. The molecule has 0 radical (unpaired) electrons. The van der Waals surface area contributed by atoms with E-state index in [0.29, 0.717) is 5.92 Å². The van der Waals surface area contributed by atoms with E-state index in [0.717, 1.165) is 24.3 Å². The average Bonchev–Trinajstić information content (AvgIpc) is 2.55. The molecule has 0 aliphatic heterocycles. The van der Waals surface area contributed by atoms with Crippen molar-refractivity contribution in [3.63, 3.8) is 0 Å². The monoisotopic (exact) mass is 221 g/mol. The number of hydrogen-bond acceptors (Lipinski definition) is 3. The number of nitrogens with zero attached hydrogens (tertiary/aromatic N) is 1. The first-order valence-corrected chi connectivity index (χ1v) is 5.61. The maximum absolute atomic E-state index is 10.2. The maximum Gasteiger partial charge on any atom is 0.119 e. The van der Waals surface area contributed by atoms with Gasteiger partial charge in [0.15, 0.2) is 0 Å². The Hall–Kier alpha value is -1.06. The third kappa shape index (κ3) is 2.06. The summed E-state index contributed by atoms with van der Waals surface area (Å²) < 4.78 is 5.18. The van der Waals surface area contributed by atoms with Gasteiger partial charge < -0.3 is 14.7 Å². The highest BCUT2D eigenvalue weighted by Gasteiger charge is 2.31. The molecule has 2 atom stereocenters. The van der Waals surface area contributed by atoms with Crippen LogP contribution < -0.4 is 4.74 Å². The van der Waals surface area contributed by atoms with Crippen molar-refractivity contribution in [1.82, 2.24) is 4.90 Å². The lowest BCUT2D eigenvalue weighted by atomic mass is 10.0. The predicted octanol–water partition coefficient (Wildman–Crippen LogP) is 1.46. The predicted molar refractivity (Wildman–Crippen MR) is 63.7 cm³/mol. The largest absolute Gasteiger partial charge is 0.497 e. The van der Waals surface area contributed by atoms with Gasteiger partial charge in [-0.05, 0) is 43.8 Å². The van der Waals surface area contributed by atoms with Gasteiger partial charge in [0.05, 0.1) is 13.2 Å². The molecule has 3 heteroatoms. The first-order valence-electron chi connectivity index (χ1n) is 5.61. The summed E-state index contributed by atoms with van der Waals surface area (Å²) in [6.45, 7) is 0.915. The van der Waals surface area contributed by atoms with Crippen LogP contribution in [0.5, 0.6) is 5.75 Å². The molecule has 1 N–H and O–H groups in total. The zero-order valence-electron chi connectivity index (χ0n) is 10.1. The van der Waals surface area contributed by atoms with Crippen molar-refractivity contribution in [3.8, 4) is 5.75 Å². The van der Waals surface area contributed by atoms with E-state index in [1.165, 1.54) is 5.56 Å². The van der Waals surface area contributed by atoms with Crippen LogP contribution in [-0.2, 0) is 6.42 Å². The van der Waals surface area contributed by atoms with E-state index in [9.17, 15) is 5.11 Å². The van der Waals surface area contributed by atoms with Crippen molar-refractivity contribution in [3.05, 3.63) is 29.3 Å². The third-order valence-electron chi connectivity index (χ3n) is 3.20. The topological polar surface area (TPSA) is 32.7 Å². The van der Waals surface area contributed by atoms with Gasteiger partial charge in [0, 0.05) is 12.5 Å². The van der Waals surface area contributed by atoms with Crippen molar-refractivity contribution in [2.45, 2.75) is 12.5 Å². The Morgan fingerprint density at radius 2 is 2.19 bits per heavy atom. The standard InChI is InChI=1S/C13H19NO2/c1-14(2)8-10-6-9-4-5-11(16-3)7-12(9)13(10)15/h4-5,7,10,13,15H,6,8H2,1-3H3. The molecule has 16 heavy (non-hydrogen) atoms. The summed E-state index contributed by atoms with van der Waals surface area (Å²) in [6, 6.07) is 5.98. The molecule has 0 amide bonds. The van der Waals surface area contributed by atoms with E-state index in [4.69, 9.17) is 4.74 Å². The lowest BCUT2D eigenvalue weighted by molar-refractivity contribution is 0.105. The molecule has 0 bridgehead atoms. The van der Waals surface area contributed by atoms with Crippen molar-refractivity contribution >= 4 is 0 Å². The van der Waals surface area contributed by atoms with E-state index in [-0.39, 0.29) is 6.10 Å². The molecule has 1 aliphatic carbocycles. The van der Waals surface area contributed by atoms with Crippen LogP contribution in [0.25, 0.3) is 0 Å². The summed E-state index contributed by atoms with van der Waals surface area (Å²) >= 11 is 0.